The van der Waals surface area contributed by atoms with Gasteiger partial charge >= 0.3 is 0 Å². The molecule has 3 nitrogen and oxygen atoms in total. The highest BCUT2D eigenvalue weighted by molar-refractivity contribution is 5.81. The zero-order chi connectivity index (χ0) is 15.5. The molecule has 1 aromatic heterocycles. The van der Waals surface area contributed by atoms with Crippen LogP contribution in [0.25, 0.3) is 11.0 Å². The van der Waals surface area contributed by atoms with Crippen LogP contribution in [0, 0.1) is 6.92 Å². The molecule has 0 bridgehead atoms. The van der Waals surface area contributed by atoms with Gasteiger partial charge in [0.05, 0.1) is 11.6 Å². The number of para-hydroxylation sites is 1. The van der Waals surface area contributed by atoms with Crippen molar-refractivity contribution in [3.05, 3.63) is 35.6 Å². The predicted molar refractivity (Wildman–Crippen MR) is 87.7 cm³/mol. The van der Waals surface area contributed by atoms with Crippen LogP contribution in [0.2, 0.25) is 0 Å². The lowest BCUT2D eigenvalue weighted by atomic mass is 9.86. The Balaban J connectivity index is 2.49. The molecule has 1 aromatic carbocycles. The minimum absolute atomic E-state index is 0.0549. The summed E-state index contributed by atoms with van der Waals surface area (Å²) in [5, 5.41) is 4.56. The Kier molecular flexibility index (Phi) is 5.07. The molecule has 0 saturated heterocycles. The summed E-state index contributed by atoms with van der Waals surface area (Å²) in [6.07, 6.45) is 1.89. The Hall–Kier alpha value is -1.32. The number of fused-ring (bicyclic) bond motifs is 1. The van der Waals surface area contributed by atoms with Gasteiger partial charge in [-0.3, -0.25) is 0 Å². The SMILES string of the molecule is CCOC(CC)(CC)C(NC)c1cc2cccc(C)c2o1. The minimum atomic E-state index is -0.231. The molecule has 21 heavy (non-hydrogen) atoms. The molecule has 1 unspecified atom stereocenters. The van der Waals surface area contributed by atoms with Gasteiger partial charge in [-0.05, 0) is 45.4 Å². The molecular weight excluding hydrogens is 262 g/mol. The fraction of sp³-hybridized carbons (Fsp3) is 0.556. The van der Waals surface area contributed by atoms with E-state index >= 15 is 0 Å². The lowest BCUT2D eigenvalue weighted by Crippen LogP contribution is -2.44. The van der Waals surface area contributed by atoms with Crippen molar-refractivity contribution in [2.75, 3.05) is 13.7 Å². The summed E-state index contributed by atoms with van der Waals surface area (Å²) in [4.78, 5) is 0. The van der Waals surface area contributed by atoms with Gasteiger partial charge in [0.15, 0.2) is 0 Å². The minimum Gasteiger partial charge on any atom is -0.459 e. The molecule has 0 spiro atoms. The number of nitrogens with one attached hydrogen (secondary N) is 1. The monoisotopic (exact) mass is 289 g/mol. The standard InChI is InChI=1S/C18H27NO2/c1-6-18(7-2,20-8-3)17(19-5)15-12-14-11-9-10-13(4)16(14)21-15/h9-12,17,19H,6-8H2,1-5H3. The summed E-state index contributed by atoms with van der Waals surface area (Å²) in [5.74, 6) is 0.957. The second kappa shape index (κ2) is 6.63. The summed E-state index contributed by atoms with van der Waals surface area (Å²) in [6, 6.07) is 8.45. The Morgan fingerprint density at radius 2 is 1.95 bits per heavy atom. The number of ether oxygens (including phenoxy) is 1. The fourth-order valence-electron chi connectivity index (χ4n) is 3.27. The number of benzene rings is 1. The summed E-state index contributed by atoms with van der Waals surface area (Å²) < 4.78 is 12.3. The number of rotatable bonds is 7. The molecule has 0 aliphatic rings. The predicted octanol–water partition coefficient (Wildman–Crippen LogP) is 4.60. The van der Waals surface area contributed by atoms with E-state index in [1.807, 2.05) is 7.05 Å². The molecule has 1 N–H and O–H groups in total. The highest BCUT2D eigenvalue weighted by Gasteiger charge is 2.38. The van der Waals surface area contributed by atoms with E-state index in [1.165, 1.54) is 5.56 Å². The van der Waals surface area contributed by atoms with Crippen molar-refractivity contribution in [3.63, 3.8) is 0 Å². The molecule has 3 heteroatoms. The molecule has 2 aromatic rings. The highest BCUT2D eigenvalue weighted by atomic mass is 16.5. The van der Waals surface area contributed by atoms with E-state index in [1.54, 1.807) is 0 Å². The molecule has 1 atom stereocenters. The number of likely N-dealkylation sites (N-methyl/N-ethyl adjacent to an activating group) is 1. The van der Waals surface area contributed by atoms with Crippen molar-refractivity contribution < 1.29 is 9.15 Å². The van der Waals surface area contributed by atoms with Crippen LogP contribution in [0.15, 0.2) is 28.7 Å². The van der Waals surface area contributed by atoms with Crippen LogP contribution in [-0.2, 0) is 4.74 Å². The first-order valence-electron chi connectivity index (χ1n) is 7.92. The first-order chi connectivity index (χ1) is 10.1. The van der Waals surface area contributed by atoms with E-state index < -0.39 is 0 Å². The van der Waals surface area contributed by atoms with Gasteiger partial charge in [0.2, 0.25) is 0 Å². The highest BCUT2D eigenvalue weighted by Crippen LogP contribution is 2.38. The van der Waals surface area contributed by atoms with Crippen molar-refractivity contribution in [2.24, 2.45) is 0 Å². The van der Waals surface area contributed by atoms with Gasteiger partial charge in [0.1, 0.15) is 11.3 Å². The Morgan fingerprint density at radius 1 is 1.24 bits per heavy atom. The van der Waals surface area contributed by atoms with Crippen LogP contribution in [0.4, 0.5) is 0 Å². The third-order valence-corrected chi connectivity index (χ3v) is 4.49. The summed E-state index contributed by atoms with van der Waals surface area (Å²) in [6.45, 7) is 9.20. The number of furan rings is 1. The third kappa shape index (κ3) is 2.85. The zero-order valence-electron chi connectivity index (χ0n) is 13.8. The molecule has 116 valence electrons. The average Bonchev–Trinajstić information content (AvgIpc) is 2.92. The number of hydrogen-bond acceptors (Lipinski definition) is 3. The van der Waals surface area contributed by atoms with Gasteiger partial charge in [-0.2, -0.15) is 0 Å². The van der Waals surface area contributed by atoms with E-state index in [-0.39, 0.29) is 11.6 Å². The topological polar surface area (TPSA) is 34.4 Å². The molecule has 0 amide bonds. The van der Waals surface area contributed by atoms with Gasteiger partial charge < -0.3 is 14.5 Å². The van der Waals surface area contributed by atoms with Crippen LogP contribution in [-0.4, -0.2) is 19.3 Å². The van der Waals surface area contributed by atoms with Crippen molar-refractivity contribution in [2.45, 2.75) is 52.2 Å². The van der Waals surface area contributed by atoms with Crippen LogP contribution >= 0.6 is 0 Å². The molecular formula is C18H27NO2. The van der Waals surface area contributed by atoms with Crippen LogP contribution in [0.5, 0.6) is 0 Å². The third-order valence-electron chi connectivity index (χ3n) is 4.49. The maximum absolute atomic E-state index is 6.17. The Labute approximate surface area is 127 Å². The van der Waals surface area contributed by atoms with E-state index in [9.17, 15) is 0 Å². The fourth-order valence-corrected chi connectivity index (χ4v) is 3.27. The van der Waals surface area contributed by atoms with Crippen LogP contribution < -0.4 is 5.32 Å². The van der Waals surface area contributed by atoms with Gasteiger partial charge in [0.25, 0.3) is 0 Å². The van der Waals surface area contributed by atoms with Crippen molar-refractivity contribution in [1.29, 1.82) is 0 Å². The first kappa shape index (κ1) is 16.1. The lowest BCUT2D eigenvalue weighted by Gasteiger charge is -2.38. The number of aryl methyl sites for hydroxylation is 1. The Bertz CT molecular complexity index is 584. The normalized spacial score (nSPS) is 13.8. The molecule has 0 fully saturated rings. The summed E-state index contributed by atoms with van der Waals surface area (Å²) in [7, 11) is 1.98. The van der Waals surface area contributed by atoms with Gasteiger partial charge in [-0.15, -0.1) is 0 Å². The van der Waals surface area contributed by atoms with Crippen molar-refractivity contribution >= 4 is 11.0 Å². The van der Waals surface area contributed by atoms with Gasteiger partial charge in [0, 0.05) is 12.0 Å². The van der Waals surface area contributed by atoms with E-state index in [4.69, 9.17) is 9.15 Å². The molecule has 0 aliphatic carbocycles. The summed E-state index contributed by atoms with van der Waals surface area (Å²) in [5.41, 5.74) is 1.92. The second-order valence-corrected chi connectivity index (χ2v) is 5.57. The molecule has 0 radical (unpaired) electrons. The van der Waals surface area contributed by atoms with Crippen LogP contribution in [0.3, 0.4) is 0 Å². The van der Waals surface area contributed by atoms with E-state index in [0.29, 0.717) is 6.61 Å². The smallest absolute Gasteiger partial charge is 0.137 e. The number of hydrogen-bond donors (Lipinski definition) is 1. The maximum Gasteiger partial charge on any atom is 0.137 e. The Morgan fingerprint density at radius 3 is 2.48 bits per heavy atom. The summed E-state index contributed by atoms with van der Waals surface area (Å²) >= 11 is 0. The first-order valence-corrected chi connectivity index (χ1v) is 7.92. The zero-order valence-corrected chi connectivity index (χ0v) is 13.8. The van der Waals surface area contributed by atoms with Crippen LogP contribution in [0.1, 0.15) is 51.0 Å². The molecule has 2 rings (SSSR count). The lowest BCUT2D eigenvalue weighted by molar-refractivity contribution is -0.0757. The van der Waals surface area contributed by atoms with E-state index in [2.05, 4.69) is 57.3 Å². The van der Waals surface area contributed by atoms with Gasteiger partial charge in [-0.25, -0.2) is 0 Å². The average molecular weight is 289 g/mol. The van der Waals surface area contributed by atoms with Gasteiger partial charge in [-0.1, -0.05) is 32.0 Å². The molecule has 1 heterocycles. The molecule has 0 saturated carbocycles. The van der Waals surface area contributed by atoms with Crippen molar-refractivity contribution in [1.82, 2.24) is 5.32 Å². The van der Waals surface area contributed by atoms with E-state index in [0.717, 1.165) is 29.6 Å². The van der Waals surface area contributed by atoms with Crippen molar-refractivity contribution in [3.8, 4) is 0 Å². The molecule has 0 aliphatic heterocycles. The maximum atomic E-state index is 6.17. The second-order valence-electron chi connectivity index (χ2n) is 5.57. The quantitative estimate of drug-likeness (QED) is 0.809. The largest absolute Gasteiger partial charge is 0.459 e.